The molecule has 5 atom stereocenters. The van der Waals surface area contributed by atoms with E-state index in [9.17, 15) is 4.79 Å². The maximum Gasteiger partial charge on any atom is 0.417 e. The number of nitrogens with one attached hydrogen (secondary N) is 2. The molecule has 1 heterocycles. The highest BCUT2D eigenvalue weighted by atomic mass is 16.4. The van der Waals surface area contributed by atoms with Crippen molar-refractivity contribution in [1.82, 2.24) is 10.3 Å². The van der Waals surface area contributed by atoms with Crippen molar-refractivity contribution in [2.24, 2.45) is 29.6 Å². The summed E-state index contributed by atoms with van der Waals surface area (Å²) >= 11 is 0. The van der Waals surface area contributed by atoms with E-state index in [1.165, 1.54) is 24.8 Å². The molecule has 2 bridgehead atoms. The molecule has 3 fully saturated rings. The van der Waals surface area contributed by atoms with Gasteiger partial charge < -0.3 is 9.73 Å². The number of H-pyrrole nitrogens is 1. The van der Waals surface area contributed by atoms with Crippen molar-refractivity contribution in [1.29, 1.82) is 0 Å². The first-order chi connectivity index (χ1) is 10.3. The molecule has 1 aromatic carbocycles. The monoisotopic (exact) mass is 284 g/mol. The van der Waals surface area contributed by atoms with E-state index >= 15 is 0 Å². The van der Waals surface area contributed by atoms with Gasteiger partial charge >= 0.3 is 5.76 Å². The molecule has 0 spiro atoms. The molecule has 0 radical (unpaired) electrons. The van der Waals surface area contributed by atoms with Gasteiger partial charge in [-0.1, -0.05) is 6.07 Å². The van der Waals surface area contributed by atoms with Gasteiger partial charge in [0.2, 0.25) is 0 Å². The first-order valence-corrected chi connectivity index (χ1v) is 8.06. The smallest absolute Gasteiger partial charge is 0.408 e. The van der Waals surface area contributed by atoms with Crippen LogP contribution in [0.2, 0.25) is 0 Å². The minimum Gasteiger partial charge on any atom is -0.408 e. The van der Waals surface area contributed by atoms with Crippen LogP contribution >= 0.6 is 0 Å². The van der Waals surface area contributed by atoms with Gasteiger partial charge in [0.25, 0.3) is 0 Å². The Morgan fingerprint density at radius 3 is 2.76 bits per heavy atom. The molecule has 0 amide bonds. The molecule has 2 aromatic rings. The van der Waals surface area contributed by atoms with E-state index in [2.05, 4.69) is 23.4 Å². The van der Waals surface area contributed by atoms with Crippen molar-refractivity contribution in [2.75, 3.05) is 7.05 Å². The minimum atomic E-state index is -0.371. The van der Waals surface area contributed by atoms with E-state index in [0.717, 1.165) is 35.1 Å². The SMILES string of the molecule is CNC(c1ccc2[nH]c(=O)oc2c1)C1C2C3CCC(C3)C21. The van der Waals surface area contributed by atoms with Crippen molar-refractivity contribution in [3.05, 3.63) is 34.3 Å². The summed E-state index contributed by atoms with van der Waals surface area (Å²) in [6.07, 6.45) is 4.38. The van der Waals surface area contributed by atoms with Gasteiger partial charge in [-0.3, -0.25) is 4.98 Å². The normalized spacial score (nSPS) is 37.9. The van der Waals surface area contributed by atoms with Crippen LogP contribution in [0.4, 0.5) is 0 Å². The Balaban J connectivity index is 1.50. The van der Waals surface area contributed by atoms with E-state index < -0.39 is 0 Å². The third-order valence-corrected chi connectivity index (χ3v) is 6.29. The lowest BCUT2D eigenvalue weighted by molar-refractivity contribution is 0.385. The summed E-state index contributed by atoms with van der Waals surface area (Å²) in [5.41, 5.74) is 2.72. The van der Waals surface area contributed by atoms with Crippen LogP contribution in [0.1, 0.15) is 30.9 Å². The molecule has 4 heteroatoms. The lowest BCUT2D eigenvalue weighted by atomic mass is 9.93. The predicted octanol–water partition coefficient (Wildman–Crippen LogP) is 2.67. The number of rotatable bonds is 3. The Hall–Kier alpha value is -1.55. The third-order valence-electron chi connectivity index (χ3n) is 6.29. The molecule has 110 valence electrons. The molecule has 5 rings (SSSR count). The zero-order valence-electron chi connectivity index (χ0n) is 12.1. The van der Waals surface area contributed by atoms with Gasteiger partial charge in [0.1, 0.15) is 0 Å². The topological polar surface area (TPSA) is 58.0 Å². The van der Waals surface area contributed by atoms with E-state index in [0.29, 0.717) is 11.6 Å². The van der Waals surface area contributed by atoms with Gasteiger partial charge in [-0.15, -0.1) is 0 Å². The van der Waals surface area contributed by atoms with Crippen LogP contribution in [-0.2, 0) is 0 Å². The van der Waals surface area contributed by atoms with Crippen molar-refractivity contribution in [3.8, 4) is 0 Å². The van der Waals surface area contributed by atoms with Crippen molar-refractivity contribution in [2.45, 2.75) is 25.3 Å². The van der Waals surface area contributed by atoms with Gasteiger partial charge in [-0.2, -0.15) is 0 Å². The maximum atomic E-state index is 11.3. The number of fused-ring (bicyclic) bond motifs is 6. The van der Waals surface area contributed by atoms with Crippen LogP contribution in [0.3, 0.4) is 0 Å². The number of aromatic nitrogens is 1. The van der Waals surface area contributed by atoms with E-state index in [1.54, 1.807) is 0 Å². The summed E-state index contributed by atoms with van der Waals surface area (Å²) in [5.74, 6) is 4.25. The molecule has 2 N–H and O–H groups in total. The number of hydrogen-bond donors (Lipinski definition) is 2. The average molecular weight is 284 g/mol. The highest BCUT2D eigenvalue weighted by Crippen LogP contribution is 2.72. The quantitative estimate of drug-likeness (QED) is 0.911. The first-order valence-electron chi connectivity index (χ1n) is 8.06. The fourth-order valence-electron chi connectivity index (χ4n) is 5.58. The molecule has 5 unspecified atom stereocenters. The van der Waals surface area contributed by atoms with Crippen LogP contribution in [-0.4, -0.2) is 12.0 Å². The van der Waals surface area contributed by atoms with Crippen LogP contribution in [0.5, 0.6) is 0 Å². The van der Waals surface area contributed by atoms with Gasteiger partial charge in [-0.25, -0.2) is 4.79 Å². The Morgan fingerprint density at radius 1 is 1.29 bits per heavy atom. The summed E-state index contributed by atoms with van der Waals surface area (Å²) in [6, 6.07) is 6.52. The summed E-state index contributed by atoms with van der Waals surface area (Å²) in [5, 5.41) is 3.52. The molecule has 0 aliphatic heterocycles. The van der Waals surface area contributed by atoms with Crippen LogP contribution < -0.4 is 11.1 Å². The Morgan fingerprint density at radius 2 is 2.05 bits per heavy atom. The Kier molecular flexibility index (Phi) is 2.30. The zero-order chi connectivity index (χ0) is 14.1. The number of hydrogen-bond acceptors (Lipinski definition) is 3. The fraction of sp³-hybridized carbons (Fsp3) is 0.588. The zero-order valence-corrected chi connectivity index (χ0v) is 12.1. The Bertz CT molecular complexity index is 745. The lowest BCUT2D eigenvalue weighted by Gasteiger charge is -2.20. The molecule has 0 saturated heterocycles. The third kappa shape index (κ3) is 1.57. The molecule has 3 aliphatic carbocycles. The van der Waals surface area contributed by atoms with Gasteiger partial charge in [0, 0.05) is 6.04 Å². The van der Waals surface area contributed by atoms with Gasteiger partial charge in [0.15, 0.2) is 5.58 Å². The standard InChI is InChI=1S/C17H20N2O2/c1-18-16(15-13-8-2-3-9(6-8)14(13)15)10-4-5-11-12(7-10)21-17(20)19-11/h4-5,7-9,13-16,18H,2-3,6H2,1H3,(H,19,20). The summed E-state index contributed by atoms with van der Waals surface area (Å²) < 4.78 is 5.21. The molecule has 1 aromatic heterocycles. The first kappa shape index (κ1) is 12.0. The van der Waals surface area contributed by atoms with Crippen molar-refractivity contribution in [3.63, 3.8) is 0 Å². The highest BCUT2D eigenvalue weighted by molar-refractivity contribution is 5.73. The molecule has 3 aliphatic rings. The summed E-state index contributed by atoms with van der Waals surface area (Å²) in [6.45, 7) is 0. The van der Waals surface area contributed by atoms with Gasteiger partial charge in [0.05, 0.1) is 5.52 Å². The number of benzene rings is 1. The second-order valence-corrected chi connectivity index (χ2v) is 7.10. The summed E-state index contributed by atoms with van der Waals surface area (Å²) in [7, 11) is 2.05. The molecular formula is C17H20N2O2. The number of oxazole rings is 1. The molecule has 4 nitrogen and oxygen atoms in total. The fourth-order valence-corrected chi connectivity index (χ4v) is 5.58. The van der Waals surface area contributed by atoms with E-state index in [1.807, 2.05) is 12.1 Å². The van der Waals surface area contributed by atoms with E-state index in [-0.39, 0.29) is 5.76 Å². The minimum absolute atomic E-state index is 0.371. The Labute approximate surface area is 122 Å². The number of aromatic amines is 1. The molecular weight excluding hydrogens is 264 g/mol. The summed E-state index contributed by atoms with van der Waals surface area (Å²) in [4.78, 5) is 14.0. The largest absolute Gasteiger partial charge is 0.417 e. The average Bonchev–Trinajstić information content (AvgIpc) is 2.82. The van der Waals surface area contributed by atoms with E-state index in [4.69, 9.17) is 4.42 Å². The maximum absolute atomic E-state index is 11.3. The van der Waals surface area contributed by atoms with Crippen molar-refractivity contribution < 1.29 is 4.42 Å². The highest BCUT2D eigenvalue weighted by Gasteiger charge is 2.66. The molecule has 21 heavy (non-hydrogen) atoms. The van der Waals surface area contributed by atoms with Crippen LogP contribution in [0.25, 0.3) is 11.1 Å². The lowest BCUT2D eigenvalue weighted by Crippen LogP contribution is -2.21. The van der Waals surface area contributed by atoms with Gasteiger partial charge in [-0.05, 0) is 73.6 Å². The predicted molar refractivity (Wildman–Crippen MR) is 79.9 cm³/mol. The molecule has 3 saturated carbocycles. The van der Waals surface area contributed by atoms with Crippen LogP contribution in [0.15, 0.2) is 27.4 Å². The van der Waals surface area contributed by atoms with Crippen LogP contribution in [0, 0.1) is 29.6 Å². The second-order valence-electron chi connectivity index (χ2n) is 7.10. The second kappa shape index (κ2) is 4.01. The van der Waals surface area contributed by atoms with Crippen molar-refractivity contribution >= 4 is 11.1 Å².